The normalized spacial score (nSPS) is 39.3. The van der Waals surface area contributed by atoms with E-state index in [-0.39, 0.29) is 12.1 Å². The molecule has 2 nitrogen and oxygen atoms in total. The highest BCUT2D eigenvalue weighted by Gasteiger charge is 2.43. The molecule has 0 amide bonds. The Labute approximate surface area is 72.6 Å². The van der Waals surface area contributed by atoms with Crippen LogP contribution < -0.4 is 0 Å². The highest BCUT2D eigenvalue weighted by molar-refractivity contribution is 5.72. The first-order chi connectivity index (χ1) is 5.81. The summed E-state index contributed by atoms with van der Waals surface area (Å²) in [6, 6.07) is 0. The SMILES string of the molecule is C=CC[C@H]1CC[C@@H]2CC(=O)O[C@@H]21. The summed E-state index contributed by atoms with van der Waals surface area (Å²) in [7, 11) is 0. The van der Waals surface area contributed by atoms with Gasteiger partial charge in [-0.05, 0) is 25.2 Å². The van der Waals surface area contributed by atoms with Gasteiger partial charge in [0.25, 0.3) is 0 Å². The molecule has 1 heterocycles. The lowest BCUT2D eigenvalue weighted by atomic mass is 9.98. The molecule has 2 fully saturated rings. The molecule has 12 heavy (non-hydrogen) atoms. The minimum absolute atomic E-state index is 0.00115. The van der Waals surface area contributed by atoms with Crippen LogP contribution >= 0.6 is 0 Å². The minimum Gasteiger partial charge on any atom is -0.462 e. The Bertz CT molecular complexity index is 210. The van der Waals surface area contributed by atoms with Gasteiger partial charge in [0, 0.05) is 5.92 Å². The Hall–Kier alpha value is -0.790. The molecule has 1 saturated carbocycles. The standard InChI is InChI=1S/C10H14O2/c1-2-3-7-4-5-8-6-9(11)12-10(7)8/h2,7-8,10H,1,3-6H2/t7-,8+,10+/m0/s1. The smallest absolute Gasteiger partial charge is 0.306 e. The van der Waals surface area contributed by atoms with Gasteiger partial charge in [-0.15, -0.1) is 6.58 Å². The molecule has 2 heteroatoms. The first-order valence-corrected chi connectivity index (χ1v) is 4.61. The number of carbonyl (C=O) groups excluding carboxylic acids is 1. The van der Waals surface area contributed by atoms with Gasteiger partial charge in [0.2, 0.25) is 0 Å². The van der Waals surface area contributed by atoms with Gasteiger partial charge in [-0.2, -0.15) is 0 Å². The number of ether oxygens (including phenoxy) is 1. The molecule has 0 aromatic rings. The topological polar surface area (TPSA) is 26.3 Å². The molecule has 0 N–H and O–H groups in total. The highest BCUT2D eigenvalue weighted by atomic mass is 16.6. The largest absolute Gasteiger partial charge is 0.462 e. The van der Waals surface area contributed by atoms with Crippen LogP contribution in [0, 0.1) is 11.8 Å². The Balaban J connectivity index is 2.02. The summed E-state index contributed by atoms with van der Waals surface area (Å²) in [6.07, 6.45) is 6.16. The molecule has 0 unspecified atom stereocenters. The third-order valence-corrected chi connectivity index (χ3v) is 3.00. The Morgan fingerprint density at radius 1 is 1.58 bits per heavy atom. The van der Waals surface area contributed by atoms with Gasteiger partial charge in [0.1, 0.15) is 6.10 Å². The maximum Gasteiger partial charge on any atom is 0.306 e. The Morgan fingerprint density at radius 3 is 3.17 bits per heavy atom. The van der Waals surface area contributed by atoms with Crippen molar-refractivity contribution in [3.63, 3.8) is 0 Å². The van der Waals surface area contributed by atoms with Crippen LogP contribution in [0.1, 0.15) is 25.7 Å². The summed E-state index contributed by atoms with van der Waals surface area (Å²) in [6.45, 7) is 3.72. The van der Waals surface area contributed by atoms with Gasteiger partial charge in [-0.25, -0.2) is 0 Å². The third-order valence-electron chi connectivity index (χ3n) is 3.00. The Morgan fingerprint density at radius 2 is 2.42 bits per heavy atom. The van der Waals surface area contributed by atoms with Crippen molar-refractivity contribution in [1.29, 1.82) is 0 Å². The van der Waals surface area contributed by atoms with Gasteiger partial charge in [-0.3, -0.25) is 4.79 Å². The Kier molecular flexibility index (Phi) is 1.91. The fraction of sp³-hybridized carbons (Fsp3) is 0.700. The van der Waals surface area contributed by atoms with Crippen LogP contribution in [0.5, 0.6) is 0 Å². The summed E-state index contributed by atoms with van der Waals surface area (Å²) in [5, 5.41) is 0. The van der Waals surface area contributed by atoms with Crippen molar-refractivity contribution in [3.05, 3.63) is 12.7 Å². The number of fused-ring (bicyclic) bond motifs is 1. The molecule has 2 aliphatic rings. The van der Waals surface area contributed by atoms with Crippen molar-refractivity contribution in [2.45, 2.75) is 31.8 Å². The van der Waals surface area contributed by atoms with Crippen molar-refractivity contribution in [2.75, 3.05) is 0 Å². The molecule has 0 spiro atoms. The summed E-state index contributed by atoms with van der Waals surface area (Å²) >= 11 is 0. The second kappa shape index (κ2) is 2.92. The quantitative estimate of drug-likeness (QED) is 0.462. The van der Waals surface area contributed by atoms with Crippen LogP contribution in [0.2, 0.25) is 0 Å². The predicted molar refractivity (Wildman–Crippen MR) is 45.5 cm³/mol. The van der Waals surface area contributed by atoms with E-state index in [1.807, 2.05) is 6.08 Å². The fourth-order valence-corrected chi connectivity index (χ4v) is 2.43. The van der Waals surface area contributed by atoms with Crippen molar-refractivity contribution in [2.24, 2.45) is 11.8 Å². The molecule has 3 atom stereocenters. The van der Waals surface area contributed by atoms with E-state index in [1.54, 1.807) is 0 Å². The van der Waals surface area contributed by atoms with Gasteiger partial charge in [0.15, 0.2) is 0 Å². The van der Waals surface area contributed by atoms with E-state index in [9.17, 15) is 4.79 Å². The molecule has 0 aromatic carbocycles. The van der Waals surface area contributed by atoms with Crippen LogP contribution in [0.4, 0.5) is 0 Å². The fourth-order valence-electron chi connectivity index (χ4n) is 2.43. The number of carbonyl (C=O) groups is 1. The van der Waals surface area contributed by atoms with Crippen LogP contribution in [-0.4, -0.2) is 12.1 Å². The number of allylic oxidation sites excluding steroid dienone is 1. The zero-order chi connectivity index (χ0) is 8.55. The van der Waals surface area contributed by atoms with Gasteiger partial charge in [0.05, 0.1) is 6.42 Å². The molecule has 0 radical (unpaired) electrons. The van der Waals surface area contributed by atoms with Crippen molar-refractivity contribution in [1.82, 2.24) is 0 Å². The summed E-state index contributed by atoms with van der Waals surface area (Å²) in [4.78, 5) is 11.0. The van der Waals surface area contributed by atoms with E-state index in [2.05, 4.69) is 6.58 Å². The highest BCUT2D eigenvalue weighted by Crippen LogP contribution is 2.41. The van der Waals surface area contributed by atoms with Crippen LogP contribution in [-0.2, 0) is 9.53 Å². The van der Waals surface area contributed by atoms with Gasteiger partial charge >= 0.3 is 5.97 Å². The zero-order valence-corrected chi connectivity index (χ0v) is 7.16. The molecule has 66 valence electrons. The van der Waals surface area contributed by atoms with Gasteiger partial charge < -0.3 is 4.74 Å². The first-order valence-electron chi connectivity index (χ1n) is 4.61. The van der Waals surface area contributed by atoms with E-state index in [0.29, 0.717) is 18.3 Å². The maximum atomic E-state index is 11.0. The van der Waals surface area contributed by atoms with E-state index in [1.165, 1.54) is 6.42 Å². The molecule has 0 aromatic heterocycles. The molecule has 1 aliphatic heterocycles. The number of rotatable bonds is 2. The molecular formula is C10H14O2. The molecular weight excluding hydrogens is 152 g/mol. The van der Waals surface area contributed by atoms with Crippen molar-refractivity contribution < 1.29 is 9.53 Å². The van der Waals surface area contributed by atoms with Crippen LogP contribution in [0.25, 0.3) is 0 Å². The van der Waals surface area contributed by atoms with Crippen molar-refractivity contribution >= 4 is 5.97 Å². The second-order valence-corrected chi connectivity index (χ2v) is 3.78. The zero-order valence-electron chi connectivity index (χ0n) is 7.16. The monoisotopic (exact) mass is 166 g/mol. The lowest BCUT2D eigenvalue weighted by molar-refractivity contribution is -0.142. The summed E-state index contributed by atoms with van der Waals surface area (Å²) in [5.41, 5.74) is 0. The van der Waals surface area contributed by atoms with Crippen LogP contribution in [0.3, 0.4) is 0 Å². The van der Waals surface area contributed by atoms with Crippen molar-refractivity contribution in [3.8, 4) is 0 Å². The molecule has 2 rings (SSSR count). The van der Waals surface area contributed by atoms with E-state index in [0.717, 1.165) is 12.8 Å². The first kappa shape index (κ1) is 7.84. The molecule has 1 aliphatic carbocycles. The second-order valence-electron chi connectivity index (χ2n) is 3.78. The van der Waals surface area contributed by atoms with E-state index < -0.39 is 0 Å². The number of hydrogen-bond acceptors (Lipinski definition) is 2. The lowest BCUT2D eigenvalue weighted by Gasteiger charge is -2.15. The van der Waals surface area contributed by atoms with Crippen LogP contribution in [0.15, 0.2) is 12.7 Å². The van der Waals surface area contributed by atoms with E-state index in [4.69, 9.17) is 4.74 Å². The minimum atomic E-state index is -0.00115. The summed E-state index contributed by atoms with van der Waals surface area (Å²) < 4.78 is 5.26. The number of esters is 1. The predicted octanol–water partition coefficient (Wildman–Crippen LogP) is 1.90. The summed E-state index contributed by atoms with van der Waals surface area (Å²) in [5.74, 6) is 1.07. The third kappa shape index (κ3) is 1.15. The maximum absolute atomic E-state index is 11.0. The number of hydrogen-bond donors (Lipinski definition) is 0. The average molecular weight is 166 g/mol. The lowest BCUT2D eigenvalue weighted by Crippen LogP contribution is -2.18. The molecule has 1 saturated heterocycles. The average Bonchev–Trinajstić information content (AvgIpc) is 2.52. The van der Waals surface area contributed by atoms with Gasteiger partial charge in [-0.1, -0.05) is 6.08 Å². The molecule has 0 bridgehead atoms. The van der Waals surface area contributed by atoms with E-state index >= 15 is 0 Å².